The number of H-pyrrole nitrogens is 1. The van der Waals surface area contributed by atoms with Crippen LogP contribution in [-0.2, 0) is 6.42 Å². The molecule has 6 heteroatoms. The molecule has 0 aliphatic rings. The number of aryl methyl sites for hydroxylation is 1. The first-order chi connectivity index (χ1) is 7.78. The van der Waals surface area contributed by atoms with E-state index in [0.717, 1.165) is 12.1 Å². The van der Waals surface area contributed by atoms with Gasteiger partial charge in [0.05, 0.1) is 5.69 Å². The number of rotatable bonds is 2. The Bertz CT molecular complexity index is 560. The normalized spacial score (nSPS) is 9.69. The van der Waals surface area contributed by atoms with Gasteiger partial charge in [-0.1, -0.05) is 6.92 Å². The summed E-state index contributed by atoms with van der Waals surface area (Å²) in [6.07, 6.45) is 2.56. The summed E-state index contributed by atoms with van der Waals surface area (Å²) in [6.45, 7) is 2.00. The molecule has 0 atom stereocenters. The number of hydrogen-bond acceptors (Lipinski definition) is 4. The van der Waals surface area contributed by atoms with Gasteiger partial charge in [-0.05, 0) is 12.5 Å². The van der Waals surface area contributed by atoms with Crippen LogP contribution >= 0.6 is 0 Å². The van der Waals surface area contributed by atoms with Crippen molar-refractivity contribution in [2.24, 2.45) is 0 Å². The highest BCUT2D eigenvalue weighted by atomic mass is 15.3. The van der Waals surface area contributed by atoms with E-state index in [-0.39, 0.29) is 11.4 Å². The first-order valence-corrected chi connectivity index (χ1v) is 4.73. The Hall–Kier alpha value is -2.60. The molecular weight excluding hydrogens is 204 g/mol. The zero-order valence-corrected chi connectivity index (χ0v) is 8.60. The molecule has 16 heavy (non-hydrogen) atoms. The molecular formula is C10H8N6. The Morgan fingerprint density at radius 3 is 2.75 bits per heavy atom. The zero-order chi connectivity index (χ0) is 11.5. The summed E-state index contributed by atoms with van der Waals surface area (Å²) in [5.41, 5.74) is 1.17. The van der Waals surface area contributed by atoms with E-state index in [0.29, 0.717) is 5.95 Å². The molecule has 6 nitrogen and oxygen atoms in total. The molecule has 0 aromatic carbocycles. The molecule has 2 heterocycles. The van der Waals surface area contributed by atoms with Crippen molar-refractivity contribution < 1.29 is 0 Å². The first-order valence-electron chi connectivity index (χ1n) is 4.73. The summed E-state index contributed by atoms with van der Waals surface area (Å²) >= 11 is 0. The van der Waals surface area contributed by atoms with Crippen LogP contribution in [0.4, 0.5) is 0 Å². The van der Waals surface area contributed by atoms with Gasteiger partial charge in [0.1, 0.15) is 12.1 Å². The lowest BCUT2D eigenvalue weighted by Crippen LogP contribution is -1.98. The highest BCUT2D eigenvalue weighted by Crippen LogP contribution is 2.08. The Balaban J connectivity index is 2.46. The van der Waals surface area contributed by atoms with Gasteiger partial charge in [0.2, 0.25) is 5.95 Å². The summed E-state index contributed by atoms with van der Waals surface area (Å²) in [5.74, 6) is 0.382. The van der Waals surface area contributed by atoms with E-state index < -0.39 is 0 Å². The Morgan fingerprint density at radius 2 is 2.25 bits per heavy atom. The van der Waals surface area contributed by atoms with Crippen LogP contribution in [0.3, 0.4) is 0 Å². The van der Waals surface area contributed by atoms with Gasteiger partial charge in [-0.3, -0.25) is 0 Å². The maximum Gasteiger partial charge on any atom is 0.230 e. The molecule has 0 unspecified atom stereocenters. The second-order valence-electron chi connectivity index (χ2n) is 3.11. The Morgan fingerprint density at radius 1 is 1.44 bits per heavy atom. The van der Waals surface area contributed by atoms with E-state index in [9.17, 15) is 0 Å². The lowest BCUT2D eigenvalue weighted by Gasteiger charge is -1.93. The molecule has 0 bridgehead atoms. The second kappa shape index (κ2) is 3.87. The molecule has 0 spiro atoms. The lowest BCUT2D eigenvalue weighted by molar-refractivity contribution is 0.797. The van der Waals surface area contributed by atoms with Crippen LogP contribution in [0.25, 0.3) is 5.95 Å². The van der Waals surface area contributed by atoms with E-state index in [4.69, 9.17) is 10.5 Å². The fraction of sp³-hybridized carbons (Fsp3) is 0.200. The van der Waals surface area contributed by atoms with Crippen LogP contribution in [0.2, 0.25) is 0 Å². The van der Waals surface area contributed by atoms with Gasteiger partial charge in [-0.15, -0.1) is 0 Å². The van der Waals surface area contributed by atoms with E-state index in [2.05, 4.69) is 15.1 Å². The molecule has 1 N–H and O–H groups in total. The van der Waals surface area contributed by atoms with Gasteiger partial charge in [0.25, 0.3) is 0 Å². The van der Waals surface area contributed by atoms with Crippen molar-refractivity contribution in [3.63, 3.8) is 0 Å². The predicted octanol–water partition coefficient (Wildman–Crippen LogP) is 0.901. The van der Waals surface area contributed by atoms with Crippen LogP contribution in [0.1, 0.15) is 24.0 Å². The lowest BCUT2D eigenvalue weighted by atomic mass is 10.4. The highest BCUT2D eigenvalue weighted by molar-refractivity contribution is 5.39. The average Bonchev–Trinajstić information content (AvgIpc) is 2.94. The standard InChI is InChI=1S/C10H8N6/c1-2-7-3-4-16(15-7)10-13-8(5-11)9(6-12)14-10/h3-4H,2H2,1H3,(H,13,14). The van der Waals surface area contributed by atoms with Crippen molar-refractivity contribution in [1.82, 2.24) is 19.7 Å². The van der Waals surface area contributed by atoms with Gasteiger partial charge in [0, 0.05) is 6.20 Å². The molecule has 2 rings (SSSR count). The summed E-state index contributed by atoms with van der Waals surface area (Å²) < 4.78 is 1.51. The van der Waals surface area contributed by atoms with Crippen molar-refractivity contribution in [1.29, 1.82) is 10.5 Å². The summed E-state index contributed by atoms with van der Waals surface area (Å²) in [6, 6.07) is 5.59. The molecule has 0 fully saturated rings. The number of nitriles is 2. The molecule has 0 radical (unpaired) electrons. The van der Waals surface area contributed by atoms with Gasteiger partial charge >= 0.3 is 0 Å². The van der Waals surface area contributed by atoms with Crippen LogP contribution < -0.4 is 0 Å². The fourth-order valence-electron chi connectivity index (χ4n) is 1.30. The smallest absolute Gasteiger partial charge is 0.230 e. The molecule has 0 saturated carbocycles. The van der Waals surface area contributed by atoms with Crippen LogP contribution in [0.15, 0.2) is 12.3 Å². The van der Waals surface area contributed by atoms with Crippen LogP contribution in [-0.4, -0.2) is 19.7 Å². The number of aromatic amines is 1. The molecule has 78 valence electrons. The van der Waals surface area contributed by atoms with Crippen molar-refractivity contribution in [2.75, 3.05) is 0 Å². The third-order valence-corrected chi connectivity index (χ3v) is 2.13. The third kappa shape index (κ3) is 1.53. The molecule has 2 aromatic heterocycles. The van der Waals surface area contributed by atoms with Crippen LogP contribution in [0, 0.1) is 22.7 Å². The van der Waals surface area contributed by atoms with E-state index in [1.54, 1.807) is 6.20 Å². The number of aromatic nitrogens is 4. The quantitative estimate of drug-likeness (QED) is 0.800. The van der Waals surface area contributed by atoms with Crippen LogP contribution in [0.5, 0.6) is 0 Å². The molecule has 0 amide bonds. The maximum atomic E-state index is 8.76. The predicted molar refractivity (Wildman–Crippen MR) is 54.5 cm³/mol. The SMILES string of the molecule is CCc1ccn(-c2nc(C#N)c(C#N)[nH]2)n1. The minimum absolute atomic E-state index is 0.0889. The average molecular weight is 212 g/mol. The minimum Gasteiger partial charge on any atom is -0.313 e. The van der Waals surface area contributed by atoms with Crippen molar-refractivity contribution >= 4 is 0 Å². The topological polar surface area (TPSA) is 94.1 Å². The van der Waals surface area contributed by atoms with E-state index >= 15 is 0 Å². The minimum atomic E-state index is 0.0889. The molecule has 2 aromatic rings. The number of nitrogens with zero attached hydrogens (tertiary/aromatic N) is 5. The molecule has 0 aliphatic heterocycles. The Labute approximate surface area is 91.8 Å². The van der Waals surface area contributed by atoms with Gasteiger partial charge < -0.3 is 4.98 Å². The number of imidazole rings is 1. The molecule has 0 aliphatic carbocycles. The van der Waals surface area contributed by atoms with Crippen molar-refractivity contribution in [3.05, 3.63) is 29.3 Å². The highest BCUT2D eigenvalue weighted by Gasteiger charge is 2.11. The largest absolute Gasteiger partial charge is 0.313 e. The van der Waals surface area contributed by atoms with Gasteiger partial charge in [-0.2, -0.15) is 20.6 Å². The summed E-state index contributed by atoms with van der Waals surface area (Å²) in [4.78, 5) is 6.72. The Kier molecular flexibility index (Phi) is 2.40. The van der Waals surface area contributed by atoms with E-state index in [1.165, 1.54) is 4.68 Å². The zero-order valence-electron chi connectivity index (χ0n) is 8.60. The number of nitrogens with one attached hydrogen (secondary N) is 1. The fourth-order valence-corrected chi connectivity index (χ4v) is 1.30. The second-order valence-corrected chi connectivity index (χ2v) is 3.11. The van der Waals surface area contributed by atoms with E-state index in [1.807, 2.05) is 25.1 Å². The maximum absolute atomic E-state index is 8.76. The summed E-state index contributed by atoms with van der Waals surface area (Å²) in [7, 11) is 0. The van der Waals surface area contributed by atoms with Crippen molar-refractivity contribution in [3.8, 4) is 18.1 Å². The summed E-state index contributed by atoms with van der Waals surface area (Å²) in [5, 5.41) is 21.7. The first kappa shape index (κ1) is 9.94. The monoisotopic (exact) mass is 212 g/mol. The van der Waals surface area contributed by atoms with Crippen molar-refractivity contribution in [2.45, 2.75) is 13.3 Å². The van der Waals surface area contributed by atoms with Gasteiger partial charge in [0.15, 0.2) is 11.4 Å². The molecule has 0 saturated heterocycles. The van der Waals surface area contributed by atoms with Gasteiger partial charge in [-0.25, -0.2) is 4.68 Å². The number of hydrogen-bond donors (Lipinski definition) is 1. The third-order valence-electron chi connectivity index (χ3n) is 2.13.